The van der Waals surface area contributed by atoms with Crippen LogP contribution in [0.4, 0.5) is 0 Å². The van der Waals surface area contributed by atoms with Gasteiger partial charge in [0.25, 0.3) is 5.91 Å². The number of phenols is 1. The molecule has 0 saturated carbocycles. The predicted molar refractivity (Wildman–Crippen MR) is 134 cm³/mol. The second kappa shape index (κ2) is 9.11. The highest BCUT2D eigenvalue weighted by Crippen LogP contribution is 2.39. The van der Waals surface area contributed by atoms with Crippen LogP contribution in [0.5, 0.6) is 17.2 Å². The SMILES string of the molecule is COc1ccc(CCN2C(=O)c3oc4ccc(Br)cc4c(=O)c3C2c2ccc(O)cc2)cc1OC. The summed E-state index contributed by atoms with van der Waals surface area (Å²) in [4.78, 5) is 28.8. The molecular formula is C27H22BrNO6. The summed E-state index contributed by atoms with van der Waals surface area (Å²) in [5, 5.41) is 10.2. The Balaban J connectivity index is 1.58. The maximum atomic E-state index is 13.6. The fourth-order valence-electron chi connectivity index (χ4n) is 4.51. The quantitative estimate of drug-likeness (QED) is 0.371. The summed E-state index contributed by atoms with van der Waals surface area (Å²) in [6.45, 7) is 0.337. The van der Waals surface area contributed by atoms with Crippen LogP contribution >= 0.6 is 15.9 Å². The van der Waals surface area contributed by atoms with E-state index in [1.165, 1.54) is 0 Å². The molecule has 2 heterocycles. The maximum Gasteiger partial charge on any atom is 0.290 e. The molecular weight excluding hydrogens is 514 g/mol. The predicted octanol–water partition coefficient (Wildman–Crippen LogP) is 5.07. The van der Waals surface area contributed by atoms with E-state index in [-0.39, 0.29) is 22.8 Å². The lowest BCUT2D eigenvalue weighted by atomic mass is 9.98. The molecule has 3 aromatic carbocycles. The monoisotopic (exact) mass is 535 g/mol. The minimum atomic E-state index is -0.641. The Morgan fingerprint density at radius 3 is 2.43 bits per heavy atom. The summed E-state index contributed by atoms with van der Waals surface area (Å²) in [5.41, 5.74) is 2.07. The molecule has 7 nitrogen and oxygen atoms in total. The average molecular weight is 536 g/mol. The first kappa shape index (κ1) is 23.0. The number of fused-ring (bicyclic) bond motifs is 2. The summed E-state index contributed by atoms with van der Waals surface area (Å²) in [5.74, 6) is 1.03. The van der Waals surface area contributed by atoms with Crippen molar-refractivity contribution in [3.63, 3.8) is 0 Å². The number of halogens is 1. The number of carbonyl (C=O) groups excluding carboxylic acids is 1. The van der Waals surface area contributed by atoms with Crippen LogP contribution in [0.1, 0.15) is 33.3 Å². The second-order valence-corrected chi connectivity index (χ2v) is 9.16. The Labute approximate surface area is 209 Å². The van der Waals surface area contributed by atoms with Crippen molar-refractivity contribution in [3.8, 4) is 17.2 Å². The molecule has 0 radical (unpaired) electrons. The average Bonchev–Trinajstić information content (AvgIpc) is 3.15. The third-order valence-electron chi connectivity index (χ3n) is 6.23. The van der Waals surface area contributed by atoms with Gasteiger partial charge in [-0.25, -0.2) is 0 Å². The zero-order valence-corrected chi connectivity index (χ0v) is 20.7. The Morgan fingerprint density at radius 2 is 1.71 bits per heavy atom. The van der Waals surface area contributed by atoms with Crippen LogP contribution in [0.3, 0.4) is 0 Å². The third kappa shape index (κ3) is 4.04. The highest BCUT2D eigenvalue weighted by atomic mass is 79.9. The zero-order valence-electron chi connectivity index (χ0n) is 19.1. The molecule has 4 aromatic rings. The molecule has 1 aromatic heterocycles. The van der Waals surface area contributed by atoms with E-state index in [2.05, 4.69) is 15.9 Å². The van der Waals surface area contributed by atoms with Gasteiger partial charge in [-0.2, -0.15) is 0 Å². The van der Waals surface area contributed by atoms with Gasteiger partial charge in [-0.05, 0) is 60.0 Å². The Morgan fingerprint density at radius 1 is 0.971 bits per heavy atom. The van der Waals surface area contributed by atoms with E-state index in [4.69, 9.17) is 13.9 Å². The molecule has 8 heteroatoms. The van der Waals surface area contributed by atoms with Gasteiger partial charge in [0.05, 0.1) is 31.2 Å². The molecule has 1 aliphatic heterocycles. The molecule has 35 heavy (non-hydrogen) atoms. The Bertz CT molecular complexity index is 1490. The van der Waals surface area contributed by atoms with Gasteiger partial charge >= 0.3 is 0 Å². The number of hydrogen-bond donors (Lipinski definition) is 1. The van der Waals surface area contributed by atoms with Crippen LogP contribution in [0, 0.1) is 0 Å². The topological polar surface area (TPSA) is 89.2 Å². The summed E-state index contributed by atoms with van der Waals surface area (Å²) >= 11 is 3.41. The lowest BCUT2D eigenvalue weighted by molar-refractivity contribution is 0.0730. The molecule has 1 aliphatic rings. The number of methoxy groups -OCH3 is 2. The molecule has 0 spiro atoms. The van der Waals surface area contributed by atoms with Crippen molar-refractivity contribution >= 4 is 32.8 Å². The van der Waals surface area contributed by atoms with Crippen molar-refractivity contribution in [3.05, 3.63) is 97.8 Å². The Kier molecular flexibility index (Phi) is 5.98. The number of phenolic OH excluding ortho intramolecular Hbond substituents is 1. The molecule has 5 rings (SSSR count). The van der Waals surface area contributed by atoms with E-state index in [0.717, 1.165) is 10.0 Å². The minimum Gasteiger partial charge on any atom is -0.508 e. The van der Waals surface area contributed by atoms with E-state index in [1.807, 2.05) is 18.2 Å². The van der Waals surface area contributed by atoms with E-state index >= 15 is 0 Å². The standard InChI is InChI=1S/C27H22BrNO6/c1-33-21-9-3-15(13-22(21)34-2)11-12-29-24(16-4-7-18(30)8-5-16)23-25(31)19-14-17(28)6-10-20(19)35-26(23)27(29)32/h3-10,13-14,24,30H,11-12H2,1-2H3. The number of ether oxygens (including phenoxy) is 2. The van der Waals surface area contributed by atoms with Gasteiger partial charge in [-0.15, -0.1) is 0 Å². The molecule has 1 N–H and O–H groups in total. The van der Waals surface area contributed by atoms with Gasteiger partial charge in [0.15, 0.2) is 16.9 Å². The fraction of sp³-hybridized carbons (Fsp3) is 0.185. The van der Waals surface area contributed by atoms with Crippen LogP contribution in [-0.2, 0) is 6.42 Å². The molecule has 0 saturated heterocycles. The van der Waals surface area contributed by atoms with Gasteiger partial charge in [0.1, 0.15) is 11.3 Å². The highest BCUT2D eigenvalue weighted by molar-refractivity contribution is 9.10. The highest BCUT2D eigenvalue weighted by Gasteiger charge is 2.42. The van der Waals surface area contributed by atoms with Crippen LogP contribution in [-0.4, -0.2) is 36.7 Å². The molecule has 1 atom stereocenters. The lowest BCUT2D eigenvalue weighted by Crippen LogP contribution is -2.31. The van der Waals surface area contributed by atoms with Crippen molar-refractivity contribution in [2.75, 3.05) is 20.8 Å². The number of amides is 1. The summed E-state index contributed by atoms with van der Waals surface area (Å²) in [6.07, 6.45) is 0.522. The normalized spacial score (nSPS) is 14.9. The Hall–Kier alpha value is -3.78. The third-order valence-corrected chi connectivity index (χ3v) is 6.72. The van der Waals surface area contributed by atoms with Crippen molar-refractivity contribution in [1.82, 2.24) is 4.90 Å². The van der Waals surface area contributed by atoms with E-state index in [9.17, 15) is 14.7 Å². The maximum absolute atomic E-state index is 13.6. The van der Waals surface area contributed by atoms with Gasteiger partial charge in [0, 0.05) is 11.0 Å². The van der Waals surface area contributed by atoms with E-state index in [0.29, 0.717) is 46.6 Å². The summed E-state index contributed by atoms with van der Waals surface area (Å²) in [6, 6.07) is 16.6. The summed E-state index contributed by atoms with van der Waals surface area (Å²) < 4.78 is 17.4. The van der Waals surface area contributed by atoms with Crippen LogP contribution in [0.25, 0.3) is 11.0 Å². The number of nitrogens with zero attached hydrogens (tertiary/aromatic N) is 1. The van der Waals surface area contributed by atoms with E-state index in [1.54, 1.807) is 61.6 Å². The molecule has 0 aliphatic carbocycles. The lowest BCUT2D eigenvalue weighted by Gasteiger charge is -2.25. The number of carbonyl (C=O) groups is 1. The number of aromatic hydroxyl groups is 1. The smallest absolute Gasteiger partial charge is 0.290 e. The second-order valence-electron chi connectivity index (χ2n) is 8.25. The van der Waals surface area contributed by atoms with Crippen molar-refractivity contribution < 1.29 is 23.8 Å². The van der Waals surface area contributed by atoms with Crippen molar-refractivity contribution in [2.24, 2.45) is 0 Å². The molecule has 0 bridgehead atoms. The first-order valence-corrected chi connectivity index (χ1v) is 11.8. The van der Waals surface area contributed by atoms with Gasteiger partial charge in [-0.1, -0.05) is 34.1 Å². The van der Waals surface area contributed by atoms with Crippen molar-refractivity contribution in [1.29, 1.82) is 0 Å². The van der Waals surface area contributed by atoms with Gasteiger partial charge < -0.3 is 23.9 Å². The van der Waals surface area contributed by atoms with Crippen LogP contribution < -0.4 is 14.9 Å². The first-order chi connectivity index (χ1) is 16.9. The van der Waals surface area contributed by atoms with Gasteiger partial charge in [0.2, 0.25) is 5.76 Å². The number of benzene rings is 3. The molecule has 178 valence electrons. The largest absolute Gasteiger partial charge is 0.508 e. The molecule has 1 amide bonds. The molecule has 1 unspecified atom stereocenters. The first-order valence-electron chi connectivity index (χ1n) is 11.0. The van der Waals surface area contributed by atoms with Crippen LogP contribution in [0.15, 0.2) is 74.3 Å². The fourth-order valence-corrected chi connectivity index (χ4v) is 4.87. The number of rotatable bonds is 6. The minimum absolute atomic E-state index is 0.0511. The number of hydrogen-bond acceptors (Lipinski definition) is 6. The van der Waals surface area contributed by atoms with Gasteiger partial charge in [-0.3, -0.25) is 9.59 Å². The van der Waals surface area contributed by atoms with E-state index < -0.39 is 6.04 Å². The molecule has 0 fully saturated rings. The zero-order chi connectivity index (χ0) is 24.7. The van der Waals surface area contributed by atoms with Crippen LogP contribution in [0.2, 0.25) is 0 Å². The summed E-state index contributed by atoms with van der Waals surface area (Å²) in [7, 11) is 3.15. The van der Waals surface area contributed by atoms with Crippen molar-refractivity contribution in [2.45, 2.75) is 12.5 Å².